The molecule has 0 bridgehead atoms. The summed E-state index contributed by atoms with van der Waals surface area (Å²) in [5.74, 6) is 2.50. The average Bonchev–Trinajstić information content (AvgIpc) is 2.55. The second kappa shape index (κ2) is 7.49. The molecule has 23 heavy (non-hydrogen) atoms. The molecule has 0 aliphatic carbocycles. The Hall–Kier alpha value is -2.76. The van der Waals surface area contributed by atoms with Gasteiger partial charge in [0.25, 0.3) is 0 Å². The topological polar surface area (TPSA) is 69.7 Å². The molecule has 1 amide bonds. The van der Waals surface area contributed by atoms with E-state index in [9.17, 15) is 4.79 Å². The van der Waals surface area contributed by atoms with Gasteiger partial charge >= 0.3 is 6.09 Å². The van der Waals surface area contributed by atoms with Crippen LogP contribution in [0.25, 0.3) is 0 Å². The maximum absolute atomic E-state index is 11.2. The van der Waals surface area contributed by atoms with E-state index in [1.807, 2.05) is 18.2 Å². The lowest BCUT2D eigenvalue weighted by atomic mass is 10.0. The first kappa shape index (κ1) is 16.6. The lowest BCUT2D eigenvalue weighted by Crippen LogP contribution is -2.12. The number of hydrogen-bond donors (Lipinski definition) is 1. The molecule has 1 aromatic carbocycles. The zero-order valence-electron chi connectivity index (χ0n) is 13.6. The predicted octanol–water partition coefficient (Wildman–Crippen LogP) is 4.18. The Morgan fingerprint density at radius 1 is 1.17 bits per heavy atom. The largest absolute Gasteiger partial charge is 0.496 e. The molecule has 6 heteroatoms. The molecule has 0 atom stereocenters. The Morgan fingerprint density at radius 2 is 1.96 bits per heavy atom. The summed E-state index contributed by atoms with van der Waals surface area (Å²) < 4.78 is 15.7. The summed E-state index contributed by atoms with van der Waals surface area (Å²) in [5, 5.41) is 2.49. The van der Waals surface area contributed by atoms with E-state index >= 15 is 0 Å². The number of methoxy groups -OCH3 is 2. The summed E-state index contributed by atoms with van der Waals surface area (Å²) in [4.78, 5) is 15.4. The molecular weight excluding hydrogens is 296 g/mol. The minimum Gasteiger partial charge on any atom is -0.496 e. The Labute approximate surface area is 135 Å². The van der Waals surface area contributed by atoms with Gasteiger partial charge in [0, 0.05) is 11.6 Å². The van der Waals surface area contributed by atoms with Crippen LogP contribution in [0.15, 0.2) is 36.4 Å². The van der Waals surface area contributed by atoms with Crippen LogP contribution in [0.2, 0.25) is 0 Å². The van der Waals surface area contributed by atoms with Crippen molar-refractivity contribution >= 4 is 11.9 Å². The van der Waals surface area contributed by atoms with Gasteiger partial charge in [0.15, 0.2) is 0 Å². The molecule has 1 aromatic heterocycles. The van der Waals surface area contributed by atoms with Gasteiger partial charge in [-0.05, 0) is 30.2 Å². The van der Waals surface area contributed by atoms with Gasteiger partial charge in [-0.25, -0.2) is 4.79 Å². The molecule has 2 rings (SSSR count). The van der Waals surface area contributed by atoms with Crippen molar-refractivity contribution in [1.82, 2.24) is 4.98 Å². The van der Waals surface area contributed by atoms with Crippen LogP contribution in [0, 0.1) is 0 Å². The second-order valence-electron chi connectivity index (χ2n) is 5.14. The van der Waals surface area contributed by atoms with Crippen molar-refractivity contribution in [3.05, 3.63) is 42.0 Å². The number of ether oxygens (including phenoxy) is 3. The number of pyridine rings is 1. The SMILES string of the molecule is COC(=O)Nc1cccc(Oc2ccc(OC)c(C(C)C)c2)n1. The van der Waals surface area contributed by atoms with E-state index in [4.69, 9.17) is 9.47 Å². The fourth-order valence-electron chi connectivity index (χ4n) is 2.04. The highest BCUT2D eigenvalue weighted by Gasteiger charge is 2.10. The van der Waals surface area contributed by atoms with Gasteiger partial charge in [-0.1, -0.05) is 19.9 Å². The zero-order valence-corrected chi connectivity index (χ0v) is 13.6. The summed E-state index contributed by atoms with van der Waals surface area (Å²) in [6.45, 7) is 4.17. The molecule has 1 N–H and O–H groups in total. The summed E-state index contributed by atoms with van der Waals surface area (Å²) >= 11 is 0. The molecule has 1 heterocycles. The Bertz CT molecular complexity index is 686. The Balaban J connectivity index is 2.20. The minimum atomic E-state index is -0.582. The Morgan fingerprint density at radius 3 is 2.61 bits per heavy atom. The number of nitrogens with one attached hydrogen (secondary N) is 1. The molecule has 0 unspecified atom stereocenters. The lowest BCUT2D eigenvalue weighted by molar-refractivity contribution is 0.187. The first-order valence-electron chi connectivity index (χ1n) is 7.21. The molecule has 0 saturated heterocycles. The van der Waals surface area contributed by atoms with Crippen LogP contribution in [-0.2, 0) is 4.74 Å². The predicted molar refractivity (Wildman–Crippen MR) is 87.4 cm³/mol. The second-order valence-corrected chi connectivity index (χ2v) is 5.14. The van der Waals surface area contributed by atoms with E-state index in [-0.39, 0.29) is 0 Å². The summed E-state index contributed by atoms with van der Waals surface area (Å²) in [6.07, 6.45) is -0.582. The van der Waals surface area contributed by atoms with Gasteiger partial charge in [0.1, 0.15) is 17.3 Å². The molecule has 122 valence electrons. The molecule has 0 aliphatic rings. The molecule has 0 saturated carbocycles. The quantitative estimate of drug-likeness (QED) is 0.896. The van der Waals surface area contributed by atoms with Crippen LogP contribution in [0.3, 0.4) is 0 Å². The lowest BCUT2D eigenvalue weighted by Gasteiger charge is -2.14. The van der Waals surface area contributed by atoms with Crippen molar-refractivity contribution in [3.63, 3.8) is 0 Å². The molecule has 6 nitrogen and oxygen atoms in total. The maximum atomic E-state index is 11.2. The van der Waals surface area contributed by atoms with E-state index in [0.29, 0.717) is 23.4 Å². The highest BCUT2D eigenvalue weighted by atomic mass is 16.5. The van der Waals surface area contributed by atoms with Crippen molar-refractivity contribution in [1.29, 1.82) is 0 Å². The minimum absolute atomic E-state index is 0.300. The van der Waals surface area contributed by atoms with Gasteiger partial charge in [-0.2, -0.15) is 4.98 Å². The molecule has 0 spiro atoms. The fraction of sp³-hybridized carbons (Fsp3) is 0.294. The third kappa shape index (κ3) is 4.35. The first-order valence-corrected chi connectivity index (χ1v) is 7.21. The number of anilines is 1. The number of amides is 1. The number of carbonyl (C=O) groups excluding carboxylic acids is 1. The molecular formula is C17H20N2O4. The normalized spacial score (nSPS) is 10.3. The summed E-state index contributed by atoms with van der Waals surface area (Å²) in [7, 11) is 2.94. The van der Waals surface area contributed by atoms with Crippen LogP contribution < -0.4 is 14.8 Å². The molecule has 0 radical (unpaired) electrons. The van der Waals surface area contributed by atoms with Crippen LogP contribution in [0.1, 0.15) is 25.3 Å². The molecule has 2 aromatic rings. The molecule has 0 aliphatic heterocycles. The van der Waals surface area contributed by atoms with Gasteiger partial charge in [-0.15, -0.1) is 0 Å². The fourth-order valence-corrected chi connectivity index (χ4v) is 2.04. The summed E-state index contributed by atoms with van der Waals surface area (Å²) in [5.41, 5.74) is 1.05. The van der Waals surface area contributed by atoms with E-state index in [0.717, 1.165) is 11.3 Å². The van der Waals surface area contributed by atoms with Crippen molar-refractivity contribution in [2.24, 2.45) is 0 Å². The highest BCUT2D eigenvalue weighted by Crippen LogP contribution is 2.32. The van der Waals surface area contributed by atoms with Crippen LogP contribution in [-0.4, -0.2) is 25.3 Å². The van der Waals surface area contributed by atoms with Gasteiger partial charge < -0.3 is 14.2 Å². The standard InChI is InChI=1S/C17H20N2O4/c1-11(2)13-10-12(8-9-14(13)21-3)23-16-7-5-6-15(18-16)19-17(20)22-4/h5-11H,1-4H3,(H,18,19,20). The van der Waals surface area contributed by atoms with Crippen molar-refractivity contribution in [2.75, 3.05) is 19.5 Å². The first-order chi connectivity index (χ1) is 11.0. The monoisotopic (exact) mass is 316 g/mol. The zero-order chi connectivity index (χ0) is 16.8. The number of aromatic nitrogens is 1. The molecule has 0 fully saturated rings. The third-order valence-electron chi connectivity index (χ3n) is 3.18. The average molecular weight is 316 g/mol. The maximum Gasteiger partial charge on any atom is 0.412 e. The van der Waals surface area contributed by atoms with Gasteiger partial charge in [0.2, 0.25) is 5.88 Å². The number of nitrogens with zero attached hydrogens (tertiary/aromatic N) is 1. The Kier molecular flexibility index (Phi) is 5.41. The van der Waals surface area contributed by atoms with E-state index in [1.54, 1.807) is 25.3 Å². The summed E-state index contributed by atoms with van der Waals surface area (Å²) in [6, 6.07) is 10.7. The number of rotatable bonds is 5. The van der Waals surface area contributed by atoms with Crippen LogP contribution in [0.4, 0.5) is 10.6 Å². The third-order valence-corrected chi connectivity index (χ3v) is 3.18. The number of benzene rings is 1. The van der Waals surface area contributed by atoms with Gasteiger partial charge in [0.05, 0.1) is 14.2 Å². The van der Waals surface area contributed by atoms with Crippen molar-refractivity contribution in [3.8, 4) is 17.4 Å². The van der Waals surface area contributed by atoms with Crippen LogP contribution >= 0.6 is 0 Å². The smallest absolute Gasteiger partial charge is 0.412 e. The van der Waals surface area contributed by atoms with E-state index < -0.39 is 6.09 Å². The number of carbonyl (C=O) groups is 1. The van der Waals surface area contributed by atoms with E-state index in [2.05, 4.69) is 28.9 Å². The van der Waals surface area contributed by atoms with Crippen molar-refractivity contribution < 1.29 is 19.0 Å². The number of hydrogen-bond acceptors (Lipinski definition) is 5. The van der Waals surface area contributed by atoms with Crippen molar-refractivity contribution in [2.45, 2.75) is 19.8 Å². The van der Waals surface area contributed by atoms with Crippen LogP contribution in [0.5, 0.6) is 17.4 Å². The van der Waals surface area contributed by atoms with Gasteiger partial charge in [-0.3, -0.25) is 5.32 Å². The van der Waals surface area contributed by atoms with E-state index in [1.165, 1.54) is 7.11 Å². The highest BCUT2D eigenvalue weighted by molar-refractivity contribution is 5.83.